The smallest absolute Gasteiger partial charge is 0.263 e. The van der Waals surface area contributed by atoms with Crippen LogP contribution in [0.2, 0.25) is 0 Å². The molecule has 1 atom stereocenters. The minimum atomic E-state index is -0.309. The van der Waals surface area contributed by atoms with Gasteiger partial charge in [0.25, 0.3) is 5.91 Å². The summed E-state index contributed by atoms with van der Waals surface area (Å²) >= 11 is 0. The van der Waals surface area contributed by atoms with Crippen molar-refractivity contribution in [2.75, 3.05) is 6.54 Å². The molecule has 6 heteroatoms. The normalized spacial score (nSPS) is 19.6. The summed E-state index contributed by atoms with van der Waals surface area (Å²) < 4.78 is 0. The van der Waals surface area contributed by atoms with E-state index >= 15 is 0 Å². The molecule has 4 N–H and O–H groups in total. The van der Waals surface area contributed by atoms with Crippen LogP contribution in [0.5, 0.6) is 0 Å². The number of carbonyl (C=O) groups excluding carboxylic acids is 1. The molecule has 1 aliphatic heterocycles. The molecule has 2 rings (SSSR count). The average molecular weight is 222 g/mol. The maximum absolute atomic E-state index is 11.5. The van der Waals surface area contributed by atoms with Gasteiger partial charge >= 0.3 is 0 Å². The molecule has 1 aromatic carbocycles. The number of benzene rings is 1. The van der Waals surface area contributed by atoms with Gasteiger partial charge in [-0.15, -0.1) is 0 Å². The van der Waals surface area contributed by atoms with Gasteiger partial charge in [0, 0.05) is 6.54 Å². The Morgan fingerprint density at radius 3 is 2.94 bits per heavy atom. The third-order valence-electron chi connectivity index (χ3n) is 2.21. The monoisotopic (exact) mass is 222 g/mol. The van der Waals surface area contributed by atoms with Crippen LogP contribution in [0, 0.1) is 0 Å². The Bertz CT molecular complexity index is 338. The van der Waals surface area contributed by atoms with E-state index in [9.17, 15) is 4.79 Å². The highest BCUT2D eigenvalue weighted by Crippen LogP contribution is 1.99. The fourth-order valence-corrected chi connectivity index (χ4v) is 1.34. The third-order valence-corrected chi connectivity index (χ3v) is 2.21. The first-order valence-corrected chi connectivity index (χ1v) is 5.05. The van der Waals surface area contributed by atoms with Crippen molar-refractivity contribution in [2.45, 2.75) is 12.6 Å². The molecule has 16 heavy (non-hydrogen) atoms. The van der Waals surface area contributed by atoms with Gasteiger partial charge in [-0.05, 0) is 5.56 Å². The molecule has 0 bridgehead atoms. The maximum atomic E-state index is 11.5. The van der Waals surface area contributed by atoms with Crippen LogP contribution < -0.4 is 21.9 Å². The van der Waals surface area contributed by atoms with Gasteiger partial charge in [0.05, 0.1) is 6.61 Å². The van der Waals surface area contributed by atoms with Crippen molar-refractivity contribution >= 4 is 5.91 Å². The van der Waals surface area contributed by atoms with E-state index in [2.05, 4.69) is 21.9 Å². The molecule has 1 amide bonds. The van der Waals surface area contributed by atoms with E-state index in [4.69, 9.17) is 4.84 Å². The Morgan fingerprint density at radius 1 is 1.44 bits per heavy atom. The molecule has 0 spiro atoms. The van der Waals surface area contributed by atoms with Crippen molar-refractivity contribution in [2.24, 2.45) is 0 Å². The Labute approximate surface area is 93.3 Å². The lowest BCUT2D eigenvalue weighted by Gasteiger charge is -2.09. The largest absolute Gasteiger partial charge is 0.271 e. The maximum Gasteiger partial charge on any atom is 0.263 e. The van der Waals surface area contributed by atoms with E-state index in [1.807, 2.05) is 30.3 Å². The van der Waals surface area contributed by atoms with Crippen LogP contribution in [0.4, 0.5) is 0 Å². The standard InChI is InChI=1S/C10H14N4O2/c15-10(9-6-11-14-12-9)13-16-7-8-4-2-1-3-5-8/h1-5,9,11-12,14H,6-7H2,(H,13,15). The zero-order valence-electron chi connectivity index (χ0n) is 8.69. The number of amides is 1. The summed E-state index contributed by atoms with van der Waals surface area (Å²) in [6, 6.07) is 9.34. The van der Waals surface area contributed by atoms with Crippen molar-refractivity contribution < 1.29 is 9.63 Å². The lowest BCUT2D eigenvalue weighted by molar-refractivity contribution is -0.136. The van der Waals surface area contributed by atoms with Crippen molar-refractivity contribution in [1.29, 1.82) is 0 Å². The fourth-order valence-electron chi connectivity index (χ4n) is 1.34. The summed E-state index contributed by atoms with van der Waals surface area (Å²) in [5.74, 6) is -0.201. The predicted octanol–water partition coefficient (Wildman–Crippen LogP) is -0.785. The molecule has 6 nitrogen and oxygen atoms in total. The van der Waals surface area contributed by atoms with Gasteiger partial charge in [0.1, 0.15) is 6.04 Å². The average Bonchev–Trinajstić information content (AvgIpc) is 2.84. The Hall–Kier alpha value is -1.47. The predicted molar refractivity (Wildman–Crippen MR) is 57.4 cm³/mol. The summed E-state index contributed by atoms with van der Waals surface area (Å²) in [6.07, 6.45) is 0. The number of hydroxylamine groups is 1. The number of nitrogens with one attached hydrogen (secondary N) is 4. The number of hydrazine groups is 2. The summed E-state index contributed by atoms with van der Waals surface area (Å²) in [7, 11) is 0. The summed E-state index contributed by atoms with van der Waals surface area (Å²) in [6.45, 7) is 0.890. The van der Waals surface area contributed by atoms with Gasteiger partial charge in [-0.1, -0.05) is 30.3 Å². The van der Waals surface area contributed by atoms with Crippen molar-refractivity contribution in [1.82, 2.24) is 21.9 Å². The topological polar surface area (TPSA) is 74.4 Å². The first-order chi connectivity index (χ1) is 7.86. The molecule has 1 aromatic rings. The van der Waals surface area contributed by atoms with Crippen molar-refractivity contribution in [3.8, 4) is 0 Å². The number of rotatable bonds is 4. The van der Waals surface area contributed by atoms with Gasteiger partial charge in [-0.2, -0.15) is 5.53 Å². The van der Waals surface area contributed by atoms with Crippen LogP contribution in [0.3, 0.4) is 0 Å². The molecule has 1 heterocycles. The van der Waals surface area contributed by atoms with E-state index in [1.165, 1.54) is 0 Å². The van der Waals surface area contributed by atoms with E-state index < -0.39 is 0 Å². The van der Waals surface area contributed by atoms with E-state index in [-0.39, 0.29) is 11.9 Å². The van der Waals surface area contributed by atoms with Crippen LogP contribution in [0.1, 0.15) is 5.56 Å². The molecule has 1 saturated heterocycles. The van der Waals surface area contributed by atoms with Crippen LogP contribution in [-0.4, -0.2) is 18.5 Å². The highest BCUT2D eigenvalue weighted by Gasteiger charge is 2.21. The van der Waals surface area contributed by atoms with Gasteiger partial charge in [0.15, 0.2) is 0 Å². The van der Waals surface area contributed by atoms with Crippen molar-refractivity contribution in [3.05, 3.63) is 35.9 Å². The highest BCUT2D eigenvalue weighted by molar-refractivity contribution is 5.81. The molecule has 0 aliphatic carbocycles. The quantitative estimate of drug-likeness (QED) is 0.503. The number of carbonyl (C=O) groups is 1. The summed E-state index contributed by atoms with van der Waals surface area (Å²) in [5, 5.41) is 0. The van der Waals surface area contributed by atoms with E-state index in [0.717, 1.165) is 5.56 Å². The Kier molecular flexibility index (Phi) is 3.84. The van der Waals surface area contributed by atoms with Crippen LogP contribution in [0.25, 0.3) is 0 Å². The molecule has 1 aliphatic rings. The van der Waals surface area contributed by atoms with Gasteiger partial charge in [-0.25, -0.2) is 16.3 Å². The highest BCUT2D eigenvalue weighted by atomic mass is 16.6. The zero-order chi connectivity index (χ0) is 11.2. The van der Waals surface area contributed by atoms with Crippen LogP contribution in [-0.2, 0) is 16.2 Å². The zero-order valence-corrected chi connectivity index (χ0v) is 8.69. The lowest BCUT2D eigenvalue weighted by Crippen LogP contribution is -2.44. The number of hydrogen-bond donors (Lipinski definition) is 4. The molecule has 0 saturated carbocycles. The second kappa shape index (κ2) is 5.57. The molecule has 86 valence electrons. The first kappa shape index (κ1) is 11.0. The van der Waals surface area contributed by atoms with Gasteiger partial charge in [0.2, 0.25) is 0 Å². The molecular formula is C10H14N4O2. The molecule has 1 unspecified atom stereocenters. The Balaban J connectivity index is 1.70. The Morgan fingerprint density at radius 2 is 2.25 bits per heavy atom. The van der Waals surface area contributed by atoms with Crippen molar-refractivity contribution in [3.63, 3.8) is 0 Å². The number of hydrogen-bond acceptors (Lipinski definition) is 5. The third kappa shape index (κ3) is 3.01. The van der Waals surface area contributed by atoms with E-state index in [0.29, 0.717) is 13.2 Å². The van der Waals surface area contributed by atoms with E-state index in [1.54, 1.807) is 0 Å². The molecule has 0 aromatic heterocycles. The second-order valence-electron chi connectivity index (χ2n) is 3.44. The van der Waals surface area contributed by atoms with Crippen LogP contribution >= 0.6 is 0 Å². The van der Waals surface area contributed by atoms with Gasteiger partial charge in [-0.3, -0.25) is 9.63 Å². The minimum absolute atomic E-state index is 0.201. The summed E-state index contributed by atoms with van der Waals surface area (Å²) in [5.41, 5.74) is 11.6. The second-order valence-corrected chi connectivity index (χ2v) is 3.44. The molecular weight excluding hydrogens is 208 g/mol. The lowest BCUT2D eigenvalue weighted by atomic mass is 10.2. The molecule has 1 fully saturated rings. The van der Waals surface area contributed by atoms with Crippen LogP contribution in [0.15, 0.2) is 30.3 Å². The fraction of sp³-hybridized carbons (Fsp3) is 0.300. The van der Waals surface area contributed by atoms with Gasteiger partial charge < -0.3 is 0 Å². The summed E-state index contributed by atoms with van der Waals surface area (Å²) in [4.78, 5) is 16.6. The minimum Gasteiger partial charge on any atom is -0.271 e. The SMILES string of the molecule is O=C(NOCc1ccccc1)C1CNNN1. The molecule has 0 radical (unpaired) electrons. The first-order valence-electron chi connectivity index (χ1n) is 5.05.